The topological polar surface area (TPSA) is 82.2 Å². The van der Waals surface area contributed by atoms with Gasteiger partial charge in [-0.3, -0.25) is 4.79 Å². The second-order valence-corrected chi connectivity index (χ2v) is 7.21. The SMILES string of the molecule is N#Cc1c(N2CCSCC2)sc(C(=O)NC2CC2)c1N. The lowest BCUT2D eigenvalue weighted by Crippen LogP contribution is -2.32. The summed E-state index contributed by atoms with van der Waals surface area (Å²) in [6.07, 6.45) is 2.08. The summed E-state index contributed by atoms with van der Waals surface area (Å²) in [7, 11) is 0. The number of hydrogen-bond acceptors (Lipinski definition) is 6. The van der Waals surface area contributed by atoms with Gasteiger partial charge in [-0.1, -0.05) is 0 Å². The van der Waals surface area contributed by atoms with Crippen LogP contribution in [0.5, 0.6) is 0 Å². The molecule has 0 atom stereocenters. The van der Waals surface area contributed by atoms with Gasteiger partial charge in [-0.25, -0.2) is 0 Å². The Balaban J connectivity index is 1.89. The third-order valence-electron chi connectivity index (χ3n) is 3.46. The first-order valence-electron chi connectivity index (χ1n) is 6.66. The largest absolute Gasteiger partial charge is 0.396 e. The molecule has 0 aromatic carbocycles. The normalized spacial score (nSPS) is 18.6. The fourth-order valence-electron chi connectivity index (χ4n) is 2.18. The minimum atomic E-state index is -0.135. The quantitative estimate of drug-likeness (QED) is 0.887. The molecule has 2 fully saturated rings. The van der Waals surface area contributed by atoms with E-state index >= 15 is 0 Å². The number of carbonyl (C=O) groups excluding carboxylic acids is 1. The van der Waals surface area contributed by atoms with E-state index in [9.17, 15) is 10.1 Å². The second-order valence-electron chi connectivity index (χ2n) is 4.98. The summed E-state index contributed by atoms with van der Waals surface area (Å²) >= 11 is 3.26. The van der Waals surface area contributed by atoms with E-state index in [0.717, 1.165) is 42.4 Å². The minimum Gasteiger partial charge on any atom is -0.396 e. The molecule has 1 aromatic rings. The number of nitriles is 1. The summed E-state index contributed by atoms with van der Waals surface area (Å²) < 4.78 is 0. The Kier molecular flexibility index (Phi) is 3.76. The van der Waals surface area contributed by atoms with Gasteiger partial charge in [-0.15, -0.1) is 11.3 Å². The van der Waals surface area contributed by atoms with Crippen LogP contribution in [0.4, 0.5) is 10.7 Å². The molecule has 2 heterocycles. The number of nitrogens with zero attached hydrogens (tertiary/aromatic N) is 2. The third-order valence-corrected chi connectivity index (χ3v) is 5.66. The van der Waals surface area contributed by atoms with Gasteiger partial charge in [-0.2, -0.15) is 17.0 Å². The third kappa shape index (κ3) is 2.58. The molecule has 0 bridgehead atoms. The highest BCUT2D eigenvalue weighted by Crippen LogP contribution is 2.39. The lowest BCUT2D eigenvalue weighted by atomic mass is 10.2. The van der Waals surface area contributed by atoms with Crippen molar-refractivity contribution in [1.29, 1.82) is 5.26 Å². The summed E-state index contributed by atoms with van der Waals surface area (Å²) in [5.41, 5.74) is 6.81. The number of nitrogens with two attached hydrogens (primary N) is 1. The number of anilines is 2. The van der Waals surface area contributed by atoms with Gasteiger partial charge in [0.15, 0.2) is 0 Å². The number of amides is 1. The van der Waals surface area contributed by atoms with E-state index in [1.807, 2.05) is 11.8 Å². The van der Waals surface area contributed by atoms with E-state index in [1.54, 1.807) is 0 Å². The van der Waals surface area contributed by atoms with Crippen molar-refractivity contribution in [3.8, 4) is 6.07 Å². The molecule has 3 N–H and O–H groups in total. The number of nitrogen functional groups attached to an aromatic ring is 1. The number of rotatable bonds is 3. The second kappa shape index (κ2) is 5.54. The molecular weight excluding hydrogens is 292 g/mol. The van der Waals surface area contributed by atoms with Crippen LogP contribution in [-0.2, 0) is 0 Å². The van der Waals surface area contributed by atoms with Crippen molar-refractivity contribution in [2.45, 2.75) is 18.9 Å². The molecule has 1 saturated heterocycles. The summed E-state index contributed by atoms with van der Waals surface area (Å²) in [5, 5.41) is 13.1. The summed E-state index contributed by atoms with van der Waals surface area (Å²) in [4.78, 5) is 14.8. The van der Waals surface area contributed by atoms with Crippen LogP contribution in [0.2, 0.25) is 0 Å². The maximum Gasteiger partial charge on any atom is 0.263 e. The van der Waals surface area contributed by atoms with Crippen molar-refractivity contribution < 1.29 is 4.79 Å². The molecule has 1 saturated carbocycles. The predicted molar refractivity (Wildman–Crippen MR) is 83.5 cm³/mol. The molecule has 5 nitrogen and oxygen atoms in total. The first-order chi connectivity index (χ1) is 9.70. The molecule has 106 valence electrons. The fraction of sp³-hybridized carbons (Fsp3) is 0.538. The molecule has 2 aliphatic rings. The Labute approximate surface area is 126 Å². The number of hydrogen-bond donors (Lipinski definition) is 2. The van der Waals surface area contributed by atoms with Gasteiger partial charge in [-0.05, 0) is 12.8 Å². The van der Waals surface area contributed by atoms with Crippen LogP contribution in [0.3, 0.4) is 0 Å². The smallest absolute Gasteiger partial charge is 0.263 e. The van der Waals surface area contributed by atoms with Crippen LogP contribution in [0.1, 0.15) is 28.1 Å². The first-order valence-corrected chi connectivity index (χ1v) is 8.63. The van der Waals surface area contributed by atoms with Crippen molar-refractivity contribution in [3.05, 3.63) is 10.4 Å². The molecule has 20 heavy (non-hydrogen) atoms. The fourth-order valence-corrected chi connectivity index (χ4v) is 4.21. The Bertz CT molecular complexity index is 568. The zero-order valence-corrected chi connectivity index (χ0v) is 12.6. The molecule has 1 aliphatic heterocycles. The highest BCUT2D eigenvalue weighted by molar-refractivity contribution is 7.99. The van der Waals surface area contributed by atoms with Crippen molar-refractivity contribution in [2.24, 2.45) is 0 Å². The number of carbonyl (C=O) groups is 1. The standard InChI is InChI=1S/C13H16N4OS2/c14-7-9-10(15)11(12(18)16-8-1-2-8)20-13(9)17-3-5-19-6-4-17/h8H,1-6,15H2,(H,16,18). The monoisotopic (exact) mass is 308 g/mol. The lowest BCUT2D eigenvalue weighted by Gasteiger charge is -2.27. The molecule has 1 amide bonds. The van der Waals surface area contributed by atoms with Gasteiger partial charge in [0, 0.05) is 30.6 Å². The van der Waals surface area contributed by atoms with Crippen molar-refractivity contribution >= 4 is 39.7 Å². The Morgan fingerprint density at radius 2 is 2.10 bits per heavy atom. The van der Waals surface area contributed by atoms with Gasteiger partial charge in [0.25, 0.3) is 5.91 Å². The molecule has 0 radical (unpaired) electrons. The van der Waals surface area contributed by atoms with Gasteiger partial charge in [0.2, 0.25) is 0 Å². The van der Waals surface area contributed by atoms with Crippen LogP contribution in [0.15, 0.2) is 0 Å². The van der Waals surface area contributed by atoms with Gasteiger partial charge in [0.05, 0.1) is 5.69 Å². The van der Waals surface area contributed by atoms with Crippen LogP contribution >= 0.6 is 23.1 Å². The van der Waals surface area contributed by atoms with Crippen LogP contribution in [0, 0.1) is 11.3 Å². The van der Waals surface area contributed by atoms with Crippen LogP contribution in [-0.4, -0.2) is 36.5 Å². The van der Waals surface area contributed by atoms with E-state index < -0.39 is 0 Å². The van der Waals surface area contributed by atoms with E-state index in [1.165, 1.54) is 11.3 Å². The molecular formula is C13H16N4OS2. The summed E-state index contributed by atoms with van der Waals surface area (Å²) in [6, 6.07) is 2.46. The minimum absolute atomic E-state index is 0.135. The predicted octanol–water partition coefficient (Wildman–Crippen LogP) is 1.65. The first kappa shape index (κ1) is 13.6. The molecule has 7 heteroatoms. The molecule has 1 aliphatic carbocycles. The molecule has 0 unspecified atom stereocenters. The summed E-state index contributed by atoms with van der Waals surface area (Å²) in [6.45, 7) is 1.81. The van der Waals surface area contributed by atoms with E-state index in [0.29, 0.717) is 22.2 Å². The Hall–Kier alpha value is -1.39. The zero-order chi connectivity index (χ0) is 14.1. The van der Waals surface area contributed by atoms with E-state index in [4.69, 9.17) is 5.73 Å². The van der Waals surface area contributed by atoms with Gasteiger partial charge < -0.3 is 16.0 Å². The average molecular weight is 308 g/mol. The Morgan fingerprint density at radius 1 is 1.40 bits per heavy atom. The maximum atomic E-state index is 12.2. The molecule has 0 spiro atoms. The van der Waals surface area contributed by atoms with Gasteiger partial charge in [0.1, 0.15) is 21.5 Å². The highest BCUT2D eigenvalue weighted by Gasteiger charge is 2.29. The average Bonchev–Trinajstić information content (AvgIpc) is 3.21. The lowest BCUT2D eigenvalue weighted by molar-refractivity contribution is 0.0956. The highest BCUT2D eigenvalue weighted by atomic mass is 32.2. The maximum absolute atomic E-state index is 12.2. The Morgan fingerprint density at radius 3 is 2.70 bits per heavy atom. The number of thioether (sulfide) groups is 1. The van der Waals surface area contributed by atoms with Crippen molar-refractivity contribution in [2.75, 3.05) is 35.2 Å². The number of nitrogens with one attached hydrogen (secondary N) is 1. The zero-order valence-electron chi connectivity index (χ0n) is 11.0. The van der Waals surface area contributed by atoms with Crippen LogP contribution < -0.4 is 16.0 Å². The van der Waals surface area contributed by atoms with Crippen molar-refractivity contribution in [3.63, 3.8) is 0 Å². The van der Waals surface area contributed by atoms with E-state index in [2.05, 4.69) is 16.3 Å². The van der Waals surface area contributed by atoms with E-state index in [-0.39, 0.29) is 5.91 Å². The molecule has 1 aromatic heterocycles. The number of thiophene rings is 1. The van der Waals surface area contributed by atoms with Gasteiger partial charge >= 0.3 is 0 Å². The van der Waals surface area contributed by atoms with Crippen molar-refractivity contribution in [1.82, 2.24) is 5.32 Å². The summed E-state index contributed by atoms with van der Waals surface area (Å²) in [5.74, 6) is 1.96. The molecule has 3 rings (SSSR count). The van der Waals surface area contributed by atoms with Crippen LogP contribution in [0.25, 0.3) is 0 Å².